The number of nitrogens with one attached hydrogen (secondary N) is 1. The summed E-state index contributed by atoms with van der Waals surface area (Å²) in [4.78, 5) is 21.2. The summed E-state index contributed by atoms with van der Waals surface area (Å²) in [5.74, 6) is -0.888. The lowest BCUT2D eigenvalue weighted by Crippen LogP contribution is -2.22. The van der Waals surface area contributed by atoms with Crippen LogP contribution in [0.4, 0.5) is 8.78 Å². The van der Waals surface area contributed by atoms with E-state index in [1.807, 2.05) is 24.3 Å². The molecule has 3 aromatic heterocycles. The van der Waals surface area contributed by atoms with Crippen LogP contribution in [0.2, 0.25) is 0 Å². The summed E-state index contributed by atoms with van der Waals surface area (Å²) < 4.78 is 28.4. The maximum absolute atomic E-state index is 13.6. The van der Waals surface area contributed by atoms with Crippen LogP contribution in [0.15, 0.2) is 84.2 Å². The summed E-state index contributed by atoms with van der Waals surface area (Å²) in [7, 11) is 0. The van der Waals surface area contributed by atoms with Gasteiger partial charge in [0.15, 0.2) is 5.82 Å². The SMILES string of the molecule is O=c1ccc(-c2cc(F)cc(F)c2)nn1Cc1cccc(-c2ncc(-c3cn[nH]c3)cn2)c1. The molecule has 0 fully saturated rings. The molecule has 0 amide bonds. The molecule has 0 saturated carbocycles. The van der Waals surface area contributed by atoms with E-state index in [9.17, 15) is 13.6 Å². The molecule has 0 spiro atoms. The maximum Gasteiger partial charge on any atom is 0.267 e. The van der Waals surface area contributed by atoms with E-state index >= 15 is 0 Å². The van der Waals surface area contributed by atoms with E-state index in [4.69, 9.17) is 0 Å². The molecule has 0 radical (unpaired) electrons. The maximum atomic E-state index is 13.6. The van der Waals surface area contributed by atoms with Gasteiger partial charge >= 0.3 is 0 Å². The predicted molar refractivity (Wildman–Crippen MR) is 118 cm³/mol. The zero-order valence-electron chi connectivity index (χ0n) is 17.1. The van der Waals surface area contributed by atoms with Crippen LogP contribution in [-0.4, -0.2) is 29.9 Å². The molecule has 0 saturated heterocycles. The fraction of sp³-hybridized carbons (Fsp3) is 0.0417. The molecule has 5 aromatic rings. The molecule has 162 valence electrons. The quantitative estimate of drug-likeness (QED) is 0.443. The highest BCUT2D eigenvalue weighted by atomic mass is 19.1. The Labute approximate surface area is 186 Å². The molecule has 9 heteroatoms. The van der Waals surface area contributed by atoms with Gasteiger partial charge in [0.2, 0.25) is 0 Å². The van der Waals surface area contributed by atoms with Gasteiger partial charge in [0.1, 0.15) is 11.6 Å². The van der Waals surface area contributed by atoms with Gasteiger partial charge in [-0.1, -0.05) is 18.2 Å². The lowest BCUT2D eigenvalue weighted by molar-refractivity contribution is 0.583. The molecule has 0 unspecified atom stereocenters. The largest absolute Gasteiger partial charge is 0.285 e. The van der Waals surface area contributed by atoms with Crippen LogP contribution in [0, 0.1) is 11.6 Å². The number of halogens is 2. The lowest BCUT2D eigenvalue weighted by atomic mass is 10.1. The Kier molecular flexibility index (Phi) is 5.27. The van der Waals surface area contributed by atoms with Crippen LogP contribution in [0.1, 0.15) is 5.56 Å². The first-order chi connectivity index (χ1) is 16.0. The standard InChI is InChI=1S/C24H16F2N6O/c25-20-7-17(8-21(26)9-20)22-4-5-23(33)32(31-22)14-15-2-1-3-16(6-15)24-27-10-18(11-28-24)19-12-29-30-13-19/h1-13H,14H2,(H,29,30). The normalized spacial score (nSPS) is 11.0. The minimum atomic E-state index is -0.712. The van der Waals surface area contributed by atoms with Gasteiger partial charge in [0, 0.05) is 53.0 Å². The van der Waals surface area contributed by atoms with Crippen molar-refractivity contribution in [1.29, 1.82) is 0 Å². The van der Waals surface area contributed by atoms with Crippen molar-refractivity contribution in [2.75, 3.05) is 0 Å². The van der Waals surface area contributed by atoms with E-state index in [1.165, 1.54) is 28.9 Å². The van der Waals surface area contributed by atoms with Crippen molar-refractivity contribution in [1.82, 2.24) is 29.9 Å². The molecule has 1 N–H and O–H groups in total. The Bertz CT molecular complexity index is 1460. The third-order valence-corrected chi connectivity index (χ3v) is 5.03. The van der Waals surface area contributed by atoms with Crippen LogP contribution >= 0.6 is 0 Å². The third kappa shape index (κ3) is 4.42. The highest BCUT2D eigenvalue weighted by Crippen LogP contribution is 2.21. The van der Waals surface area contributed by atoms with E-state index in [2.05, 4.69) is 25.3 Å². The van der Waals surface area contributed by atoms with Gasteiger partial charge in [0.05, 0.1) is 18.4 Å². The molecule has 0 aliphatic carbocycles. The molecule has 0 aliphatic rings. The van der Waals surface area contributed by atoms with E-state index in [-0.39, 0.29) is 17.7 Å². The number of hydrogen-bond acceptors (Lipinski definition) is 5. The van der Waals surface area contributed by atoms with Gasteiger partial charge in [-0.25, -0.2) is 23.4 Å². The Hall–Kier alpha value is -4.53. The van der Waals surface area contributed by atoms with Crippen molar-refractivity contribution in [2.24, 2.45) is 0 Å². The van der Waals surface area contributed by atoms with Gasteiger partial charge in [-0.2, -0.15) is 10.2 Å². The summed E-state index contributed by atoms with van der Waals surface area (Å²) in [5, 5.41) is 11.0. The summed E-state index contributed by atoms with van der Waals surface area (Å²) in [6.07, 6.45) is 6.88. The van der Waals surface area contributed by atoms with Crippen LogP contribution < -0.4 is 5.56 Å². The molecular weight excluding hydrogens is 426 g/mol. The Morgan fingerprint density at radius 3 is 2.33 bits per heavy atom. The Morgan fingerprint density at radius 1 is 0.818 bits per heavy atom. The Balaban J connectivity index is 1.42. The predicted octanol–water partition coefficient (Wildman–Crippen LogP) is 4.08. The van der Waals surface area contributed by atoms with Crippen LogP contribution in [0.3, 0.4) is 0 Å². The monoisotopic (exact) mass is 442 g/mol. The number of aromatic amines is 1. The van der Waals surface area contributed by atoms with Crippen molar-refractivity contribution in [3.63, 3.8) is 0 Å². The number of rotatable bonds is 5. The molecule has 5 rings (SSSR count). The second-order valence-corrected chi connectivity index (χ2v) is 7.36. The van der Waals surface area contributed by atoms with E-state index in [0.29, 0.717) is 11.5 Å². The fourth-order valence-electron chi connectivity index (χ4n) is 3.43. The van der Waals surface area contributed by atoms with E-state index in [1.54, 1.807) is 24.8 Å². The van der Waals surface area contributed by atoms with E-state index < -0.39 is 11.6 Å². The first kappa shape index (κ1) is 20.4. The van der Waals surface area contributed by atoms with Gasteiger partial charge in [-0.3, -0.25) is 9.89 Å². The minimum absolute atomic E-state index is 0.172. The van der Waals surface area contributed by atoms with E-state index in [0.717, 1.165) is 28.3 Å². The van der Waals surface area contributed by atoms with Crippen molar-refractivity contribution < 1.29 is 8.78 Å². The topological polar surface area (TPSA) is 89.4 Å². The van der Waals surface area contributed by atoms with Gasteiger partial charge in [0.25, 0.3) is 5.56 Å². The third-order valence-electron chi connectivity index (χ3n) is 5.03. The van der Waals surface area contributed by atoms with Crippen LogP contribution in [-0.2, 0) is 6.54 Å². The molecule has 0 aliphatic heterocycles. The highest BCUT2D eigenvalue weighted by molar-refractivity contribution is 5.62. The number of nitrogens with zero attached hydrogens (tertiary/aromatic N) is 5. The number of hydrogen-bond donors (Lipinski definition) is 1. The first-order valence-corrected chi connectivity index (χ1v) is 10.0. The first-order valence-electron chi connectivity index (χ1n) is 10.0. The average Bonchev–Trinajstić information content (AvgIpc) is 3.35. The highest BCUT2D eigenvalue weighted by Gasteiger charge is 2.09. The van der Waals surface area contributed by atoms with Crippen molar-refractivity contribution in [2.45, 2.75) is 6.54 Å². The molecule has 3 heterocycles. The second-order valence-electron chi connectivity index (χ2n) is 7.36. The van der Waals surface area contributed by atoms with Gasteiger partial charge < -0.3 is 0 Å². The zero-order valence-corrected chi connectivity index (χ0v) is 17.1. The summed E-state index contributed by atoms with van der Waals surface area (Å²) in [6, 6.07) is 13.3. The van der Waals surface area contributed by atoms with Gasteiger partial charge in [-0.05, 0) is 29.8 Å². The number of benzene rings is 2. The molecule has 0 atom stereocenters. The Morgan fingerprint density at radius 2 is 1.61 bits per heavy atom. The molecule has 33 heavy (non-hydrogen) atoms. The summed E-state index contributed by atoms with van der Waals surface area (Å²) in [5.41, 5.74) is 3.52. The van der Waals surface area contributed by atoms with Crippen molar-refractivity contribution in [3.8, 4) is 33.8 Å². The van der Waals surface area contributed by atoms with Crippen molar-refractivity contribution >= 4 is 0 Å². The number of H-pyrrole nitrogens is 1. The average molecular weight is 442 g/mol. The molecule has 0 bridgehead atoms. The smallest absolute Gasteiger partial charge is 0.267 e. The number of aromatic nitrogens is 6. The lowest BCUT2D eigenvalue weighted by Gasteiger charge is -2.09. The minimum Gasteiger partial charge on any atom is -0.285 e. The van der Waals surface area contributed by atoms with Gasteiger partial charge in [-0.15, -0.1) is 0 Å². The second kappa shape index (κ2) is 8.54. The fourth-order valence-corrected chi connectivity index (χ4v) is 3.43. The van der Waals surface area contributed by atoms with Crippen LogP contribution in [0.5, 0.6) is 0 Å². The summed E-state index contributed by atoms with van der Waals surface area (Å²) >= 11 is 0. The van der Waals surface area contributed by atoms with Crippen LogP contribution in [0.25, 0.3) is 33.8 Å². The molecular formula is C24H16F2N6O. The molecule has 7 nitrogen and oxygen atoms in total. The molecule has 2 aromatic carbocycles. The summed E-state index contributed by atoms with van der Waals surface area (Å²) in [6.45, 7) is 0.172. The van der Waals surface area contributed by atoms with Crippen molar-refractivity contribution in [3.05, 3.63) is 107 Å². The zero-order chi connectivity index (χ0) is 22.8.